The van der Waals surface area contributed by atoms with Gasteiger partial charge in [-0.25, -0.2) is 0 Å². The SMILES string of the molecule is C=C[B]O.C=C[B]O.C=C[B]O.C=Cc1cn(-c2ccc(O)cc2)c(=O)c2c(C#N)cc(O)cc12.N#Cc1cc(O)cc2c(Br)cn(-c3ccc(O)cc3)c(=O)c12. The number of phenolic OH excluding ortho intramolecular Hbond substituents is 4. The van der Waals surface area contributed by atoms with Crippen LogP contribution in [0.25, 0.3) is 39.0 Å². The van der Waals surface area contributed by atoms with Crippen LogP contribution >= 0.6 is 15.9 Å². The average Bonchev–Trinajstić information content (AvgIpc) is 3.22. The van der Waals surface area contributed by atoms with E-state index < -0.39 is 0 Å². The molecule has 0 saturated heterocycles. The first-order valence-electron chi connectivity index (χ1n) is 16.1. The number of nitriles is 2. The van der Waals surface area contributed by atoms with Gasteiger partial charge >= 0.3 is 22.4 Å². The van der Waals surface area contributed by atoms with E-state index in [1.807, 2.05) is 12.1 Å². The number of phenols is 4. The molecule has 4 aromatic carbocycles. The Balaban J connectivity index is 0.000000308. The highest BCUT2D eigenvalue weighted by Gasteiger charge is 2.15. The molecule has 13 nitrogen and oxygen atoms in total. The number of fused-ring (bicyclic) bond motifs is 2. The Morgan fingerprint density at radius 2 is 0.930 bits per heavy atom. The molecule has 0 bridgehead atoms. The van der Waals surface area contributed by atoms with E-state index in [4.69, 9.17) is 15.1 Å². The van der Waals surface area contributed by atoms with Crippen LogP contribution in [0, 0.1) is 22.7 Å². The molecule has 6 rings (SSSR count). The number of hydrogen-bond acceptors (Lipinski definition) is 11. The smallest absolute Gasteiger partial charge is 0.317 e. The maximum Gasteiger partial charge on any atom is 0.317 e. The molecule has 3 radical (unpaired) electrons. The van der Waals surface area contributed by atoms with Crippen molar-refractivity contribution in [1.82, 2.24) is 9.13 Å². The van der Waals surface area contributed by atoms with Crippen LogP contribution in [-0.4, -0.2) is 67.1 Å². The fourth-order valence-electron chi connectivity index (χ4n) is 4.83. The van der Waals surface area contributed by atoms with E-state index in [0.29, 0.717) is 32.2 Å². The zero-order chi connectivity index (χ0) is 42.7. The second kappa shape index (κ2) is 23.0. The maximum atomic E-state index is 12.8. The highest BCUT2D eigenvalue weighted by atomic mass is 79.9. The number of benzene rings is 4. The van der Waals surface area contributed by atoms with Gasteiger partial charge in [-0.05, 0) is 94.3 Å². The van der Waals surface area contributed by atoms with Gasteiger partial charge in [0.15, 0.2) is 0 Å². The summed E-state index contributed by atoms with van der Waals surface area (Å²) in [7, 11) is 2.67. The first kappa shape index (κ1) is 46.2. The van der Waals surface area contributed by atoms with Crippen LogP contribution in [0.1, 0.15) is 16.7 Å². The molecule has 17 heteroatoms. The van der Waals surface area contributed by atoms with Crippen LogP contribution in [0.15, 0.2) is 143 Å². The average molecular weight is 826 g/mol. The van der Waals surface area contributed by atoms with Gasteiger partial charge in [0.1, 0.15) is 35.1 Å². The lowest BCUT2D eigenvalue weighted by Crippen LogP contribution is -2.19. The van der Waals surface area contributed by atoms with Gasteiger partial charge in [0.25, 0.3) is 11.1 Å². The molecular formula is C40H33B3BrN4O9. The van der Waals surface area contributed by atoms with E-state index in [2.05, 4.69) is 42.2 Å². The predicted octanol–water partition coefficient (Wildman–Crippen LogP) is 5.18. The third kappa shape index (κ3) is 12.2. The zero-order valence-electron chi connectivity index (χ0n) is 30.1. The van der Waals surface area contributed by atoms with E-state index >= 15 is 0 Å². The molecule has 0 fully saturated rings. The van der Waals surface area contributed by atoms with E-state index in [9.17, 15) is 40.5 Å². The summed E-state index contributed by atoms with van der Waals surface area (Å²) in [6.45, 7) is 13.2. The molecule has 2 heterocycles. The highest BCUT2D eigenvalue weighted by Crippen LogP contribution is 2.29. The van der Waals surface area contributed by atoms with E-state index in [1.54, 1.807) is 42.7 Å². The molecule has 7 N–H and O–H groups in total. The molecule has 57 heavy (non-hydrogen) atoms. The van der Waals surface area contributed by atoms with Crippen LogP contribution in [0.5, 0.6) is 23.0 Å². The lowest BCUT2D eigenvalue weighted by molar-refractivity contribution is 0.474. The third-order valence-electron chi connectivity index (χ3n) is 7.22. The molecule has 283 valence electrons. The summed E-state index contributed by atoms with van der Waals surface area (Å²) >= 11 is 3.36. The van der Waals surface area contributed by atoms with Gasteiger partial charge in [-0.2, -0.15) is 10.5 Å². The Labute approximate surface area is 337 Å². The minimum Gasteiger partial charge on any atom is -0.508 e. The number of nitrogens with zero attached hydrogens (tertiary/aromatic N) is 4. The van der Waals surface area contributed by atoms with Crippen molar-refractivity contribution >= 4 is 66.0 Å². The quantitative estimate of drug-likeness (QED) is 0.108. The highest BCUT2D eigenvalue weighted by molar-refractivity contribution is 9.10. The molecular weight excluding hydrogens is 793 g/mol. The number of hydrogen-bond donors (Lipinski definition) is 7. The van der Waals surface area contributed by atoms with Crippen LogP contribution in [0.2, 0.25) is 0 Å². The van der Waals surface area contributed by atoms with Crippen molar-refractivity contribution in [3.05, 3.63) is 171 Å². The molecule has 0 atom stereocenters. The van der Waals surface area contributed by atoms with Crippen LogP contribution in [0.4, 0.5) is 0 Å². The van der Waals surface area contributed by atoms with E-state index in [-0.39, 0.29) is 56.0 Å². The number of rotatable bonds is 6. The monoisotopic (exact) mass is 825 g/mol. The Hall–Kier alpha value is -7.01. The fourth-order valence-corrected chi connectivity index (χ4v) is 5.35. The van der Waals surface area contributed by atoms with Crippen molar-refractivity contribution in [2.24, 2.45) is 0 Å². The second-order valence-electron chi connectivity index (χ2n) is 10.9. The molecule has 0 amide bonds. The summed E-state index contributed by atoms with van der Waals surface area (Å²) < 4.78 is 3.34. The Morgan fingerprint density at radius 3 is 1.28 bits per heavy atom. The summed E-state index contributed by atoms with van der Waals surface area (Å²) in [4.78, 5) is 25.5. The maximum absolute atomic E-state index is 12.8. The van der Waals surface area contributed by atoms with Crippen LogP contribution in [-0.2, 0) is 0 Å². The minimum atomic E-state index is -0.382. The standard InChI is InChI=1S/C18H12N2O3.C16H9BrN2O3.3C2H4BO/c1-2-11-10-20(13-3-5-14(21)6-4-13)18(23)17-12(9-19)7-15(22)8-16(11)17;17-14-8-19(10-1-3-11(20)4-2-10)16(22)15-9(7-18)5-12(21)6-13(14)15;3*1-2-3-4/h2-8,10,21-22H,1H2;1-6,8,20-21H;3*2,4H,1H2. The number of aromatic hydroxyl groups is 4. The Morgan fingerprint density at radius 1 is 0.579 bits per heavy atom. The van der Waals surface area contributed by atoms with Gasteiger partial charge in [0.2, 0.25) is 0 Å². The number of pyridine rings is 2. The molecule has 0 aliphatic heterocycles. The first-order chi connectivity index (χ1) is 27.3. The minimum absolute atomic E-state index is 0.0773. The number of halogens is 1. The van der Waals surface area contributed by atoms with Crippen LogP contribution in [0.3, 0.4) is 0 Å². The fraction of sp³-hybridized carbons (Fsp3) is 0. The normalized spacial score (nSPS) is 9.37. The Bertz CT molecular complexity index is 2560. The van der Waals surface area contributed by atoms with Gasteiger partial charge in [-0.15, -0.1) is 19.7 Å². The van der Waals surface area contributed by atoms with Gasteiger partial charge in [0, 0.05) is 39.0 Å². The van der Waals surface area contributed by atoms with Crippen molar-refractivity contribution in [3.8, 4) is 46.5 Å². The van der Waals surface area contributed by atoms with Crippen molar-refractivity contribution in [2.45, 2.75) is 0 Å². The zero-order valence-corrected chi connectivity index (χ0v) is 31.7. The van der Waals surface area contributed by atoms with Gasteiger partial charge in [0.05, 0.1) is 21.9 Å². The van der Waals surface area contributed by atoms with Crippen LogP contribution < -0.4 is 11.1 Å². The molecule has 0 aliphatic carbocycles. The van der Waals surface area contributed by atoms with Crippen molar-refractivity contribution in [2.75, 3.05) is 0 Å². The third-order valence-corrected chi connectivity index (χ3v) is 7.86. The molecule has 0 saturated carbocycles. The molecule has 0 unspecified atom stereocenters. The predicted molar refractivity (Wildman–Crippen MR) is 227 cm³/mol. The van der Waals surface area contributed by atoms with Gasteiger partial charge in [-0.3, -0.25) is 18.7 Å². The lowest BCUT2D eigenvalue weighted by atomic mass is 10.0. The van der Waals surface area contributed by atoms with Gasteiger partial charge in [-0.1, -0.05) is 30.6 Å². The van der Waals surface area contributed by atoms with Crippen molar-refractivity contribution < 1.29 is 35.5 Å². The van der Waals surface area contributed by atoms with Crippen molar-refractivity contribution in [1.29, 1.82) is 10.5 Å². The van der Waals surface area contributed by atoms with Crippen molar-refractivity contribution in [3.63, 3.8) is 0 Å². The Kier molecular flexibility index (Phi) is 18.7. The first-order valence-corrected chi connectivity index (χ1v) is 16.9. The summed E-state index contributed by atoms with van der Waals surface area (Å²) in [5.74, 6) is 3.94. The summed E-state index contributed by atoms with van der Waals surface area (Å²) in [5, 5.41) is 80.9. The summed E-state index contributed by atoms with van der Waals surface area (Å²) in [6.07, 6.45) is 4.71. The molecule has 2 aromatic heterocycles. The molecule has 6 aromatic rings. The summed E-state index contributed by atoms with van der Waals surface area (Å²) in [5.41, 5.74) is 1.17. The lowest BCUT2D eigenvalue weighted by Gasteiger charge is -2.12. The topological polar surface area (TPSA) is 233 Å². The molecule has 0 spiro atoms. The number of aromatic nitrogens is 2. The largest absolute Gasteiger partial charge is 0.508 e. The second-order valence-corrected chi connectivity index (χ2v) is 11.7. The van der Waals surface area contributed by atoms with Gasteiger partial charge < -0.3 is 35.5 Å². The van der Waals surface area contributed by atoms with E-state index in [1.165, 1.54) is 75.6 Å². The molecule has 0 aliphatic rings. The van der Waals surface area contributed by atoms with E-state index in [0.717, 1.165) is 22.4 Å². The summed E-state index contributed by atoms with van der Waals surface area (Å²) in [6, 6.07) is 21.6.